The van der Waals surface area contributed by atoms with Crippen molar-refractivity contribution < 1.29 is 9.90 Å². The maximum Gasteiger partial charge on any atom is 0.405 e. The van der Waals surface area contributed by atoms with Gasteiger partial charge >= 0.3 is 6.09 Å². The molecule has 116 valence electrons. The van der Waals surface area contributed by atoms with Crippen LogP contribution in [0.2, 0.25) is 5.15 Å². The second-order valence-corrected chi connectivity index (χ2v) is 6.07. The van der Waals surface area contributed by atoms with Crippen LogP contribution in [0.1, 0.15) is 19.8 Å². The van der Waals surface area contributed by atoms with Crippen molar-refractivity contribution in [3.8, 4) is 0 Å². The number of piperidine rings is 1. The molecule has 1 fully saturated rings. The third kappa shape index (κ3) is 3.04. The number of hydrogen-bond donors (Lipinski definition) is 2. The van der Waals surface area contributed by atoms with Crippen LogP contribution in [-0.4, -0.2) is 44.8 Å². The SMILES string of the molecule is CC1(NC(=O)O)CCN(c2ccc3nc(Cl)cnc3n2)CC1. The molecular weight excluding hydrogens is 306 g/mol. The van der Waals surface area contributed by atoms with E-state index >= 15 is 0 Å². The molecule has 2 aromatic heterocycles. The van der Waals surface area contributed by atoms with Crippen molar-refractivity contribution in [2.24, 2.45) is 0 Å². The molecule has 22 heavy (non-hydrogen) atoms. The topological polar surface area (TPSA) is 91.2 Å². The van der Waals surface area contributed by atoms with Crippen molar-refractivity contribution >= 4 is 34.7 Å². The van der Waals surface area contributed by atoms with Crippen LogP contribution in [0.15, 0.2) is 18.3 Å². The van der Waals surface area contributed by atoms with Gasteiger partial charge < -0.3 is 15.3 Å². The van der Waals surface area contributed by atoms with Crippen LogP contribution in [0, 0.1) is 0 Å². The lowest BCUT2D eigenvalue weighted by atomic mass is 9.90. The van der Waals surface area contributed by atoms with Gasteiger partial charge in [0, 0.05) is 18.6 Å². The number of carbonyl (C=O) groups is 1. The molecule has 0 spiro atoms. The molecule has 0 saturated carbocycles. The number of aromatic nitrogens is 3. The zero-order chi connectivity index (χ0) is 15.7. The number of pyridine rings is 1. The average Bonchev–Trinajstić information content (AvgIpc) is 2.46. The third-order valence-corrected chi connectivity index (χ3v) is 4.14. The number of halogens is 1. The van der Waals surface area contributed by atoms with Crippen LogP contribution in [-0.2, 0) is 0 Å². The van der Waals surface area contributed by atoms with E-state index in [1.165, 1.54) is 6.20 Å². The number of hydrogen-bond acceptors (Lipinski definition) is 5. The maximum atomic E-state index is 10.8. The first-order valence-electron chi connectivity index (χ1n) is 7.01. The van der Waals surface area contributed by atoms with Gasteiger partial charge in [0.05, 0.1) is 6.20 Å². The molecule has 7 nitrogen and oxygen atoms in total. The summed E-state index contributed by atoms with van der Waals surface area (Å²) in [5, 5.41) is 11.8. The summed E-state index contributed by atoms with van der Waals surface area (Å²) in [6.07, 6.45) is 1.95. The zero-order valence-electron chi connectivity index (χ0n) is 12.1. The van der Waals surface area contributed by atoms with Gasteiger partial charge in [0.1, 0.15) is 16.5 Å². The van der Waals surface area contributed by atoms with Gasteiger partial charge in [-0.2, -0.15) is 0 Å². The first-order chi connectivity index (χ1) is 10.5. The second kappa shape index (κ2) is 5.57. The fourth-order valence-electron chi connectivity index (χ4n) is 2.66. The quantitative estimate of drug-likeness (QED) is 0.882. The van der Waals surface area contributed by atoms with Gasteiger partial charge in [-0.1, -0.05) is 11.6 Å². The van der Waals surface area contributed by atoms with E-state index in [0.717, 1.165) is 31.7 Å². The summed E-state index contributed by atoms with van der Waals surface area (Å²) in [4.78, 5) is 25.8. The molecule has 3 rings (SSSR count). The average molecular weight is 322 g/mol. The first-order valence-corrected chi connectivity index (χ1v) is 7.38. The van der Waals surface area contributed by atoms with Crippen molar-refractivity contribution in [3.63, 3.8) is 0 Å². The number of nitrogens with one attached hydrogen (secondary N) is 1. The number of rotatable bonds is 2. The summed E-state index contributed by atoms with van der Waals surface area (Å²) in [5.74, 6) is 0.821. The molecule has 1 saturated heterocycles. The Morgan fingerprint density at radius 1 is 1.36 bits per heavy atom. The molecule has 0 aliphatic carbocycles. The highest BCUT2D eigenvalue weighted by Gasteiger charge is 2.31. The van der Waals surface area contributed by atoms with Crippen molar-refractivity contribution in [2.75, 3.05) is 18.0 Å². The van der Waals surface area contributed by atoms with Gasteiger partial charge in [0.2, 0.25) is 0 Å². The largest absolute Gasteiger partial charge is 0.465 e. The zero-order valence-corrected chi connectivity index (χ0v) is 12.8. The summed E-state index contributed by atoms with van der Waals surface area (Å²) in [5.41, 5.74) is 0.830. The summed E-state index contributed by atoms with van der Waals surface area (Å²) in [6, 6.07) is 3.74. The highest BCUT2D eigenvalue weighted by Crippen LogP contribution is 2.26. The Balaban J connectivity index is 1.76. The van der Waals surface area contributed by atoms with E-state index in [4.69, 9.17) is 16.7 Å². The minimum atomic E-state index is -0.980. The van der Waals surface area contributed by atoms with Crippen molar-refractivity contribution in [1.29, 1.82) is 0 Å². The van der Waals surface area contributed by atoms with Crippen LogP contribution >= 0.6 is 11.6 Å². The summed E-state index contributed by atoms with van der Waals surface area (Å²) >= 11 is 5.81. The number of amides is 1. The summed E-state index contributed by atoms with van der Waals surface area (Å²) in [6.45, 7) is 3.40. The molecule has 8 heteroatoms. The molecule has 0 bridgehead atoms. The third-order valence-electron chi connectivity index (χ3n) is 3.96. The lowest BCUT2D eigenvalue weighted by molar-refractivity contribution is 0.173. The Labute approximate surface area is 132 Å². The van der Waals surface area contributed by atoms with E-state index in [1.54, 1.807) is 0 Å². The molecule has 1 aliphatic heterocycles. The van der Waals surface area contributed by atoms with Gasteiger partial charge in [-0.3, -0.25) is 0 Å². The number of nitrogens with zero attached hydrogens (tertiary/aromatic N) is 4. The van der Waals surface area contributed by atoms with E-state index < -0.39 is 6.09 Å². The van der Waals surface area contributed by atoms with Gasteiger partial charge in [-0.15, -0.1) is 0 Å². The molecule has 1 aliphatic rings. The molecule has 1 amide bonds. The standard InChI is InChI=1S/C14H16ClN5O2/c1-14(19-13(21)22)4-6-20(7-5-14)11-3-2-9-12(18-11)16-8-10(15)17-9/h2-3,8,19H,4-7H2,1H3,(H,21,22). The van der Waals surface area contributed by atoms with Crippen molar-refractivity contribution in [1.82, 2.24) is 20.3 Å². The Morgan fingerprint density at radius 2 is 2.09 bits per heavy atom. The Kier molecular flexibility index (Phi) is 3.74. The van der Waals surface area contributed by atoms with Gasteiger partial charge in [-0.05, 0) is 31.9 Å². The van der Waals surface area contributed by atoms with Gasteiger partial charge in [-0.25, -0.2) is 19.7 Å². The fourth-order valence-corrected chi connectivity index (χ4v) is 2.80. The number of carboxylic acid groups (broad SMARTS) is 1. The van der Waals surface area contributed by atoms with E-state index in [-0.39, 0.29) is 5.54 Å². The molecular formula is C14H16ClN5O2. The minimum Gasteiger partial charge on any atom is -0.465 e. The lowest BCUT2D eigenvalue weighted by Crippen LogP contribution is -2.53. The monoisotopic (exact) mass is 321 g/mol. The first kappa shape index (κ1) is 14.8. The normalized spacial score (nSPS) is 17.5. The van der Waals surface area contributed by atoms with E-state index in [9.17, 15) is 4.79 Å². The van der Waals surface area contributed by atoms with Crippen LogP contribution in [0.5, 0.6) is 0 Å². The Hall–Kier alpha value is -2.15. The predicted octanol–water partition coefficient (Wildman–Crippen LogP) is 2.30. The fraction of sp³-hybridized carbons (Fsp3) is 0.429. The van der Waals surface area contributed by atoms with Crippen LogP contribution < -0.4 is 10.2 Å². The summed E-state index contributed by atoms with van der Waals surface area (Å²) in [7, 11) is 0. The van der Waals surface area contributed by atoms with E-state index in [1.807, 2.05) is 19.1 Å². The molecule has 0 atom stereocenters. The molecule has 3 heterocycles. The van der Waals surface area contributed by atoms with Crippen LogP contribution in [0.4, 0.5) is 10.6 Å². The molecule has 2 aromatic rings. The van der Waals surface area contributed by atoms with Gasteiger partial charge in [0.15, 0.2) is 5.65 Å². The Morgan fingerprint density at radius 3 is 2.77 bits per heavy atom. The second-order valence-electron chi connectivity index (χ2n) is 5.68. The van der Waals surface area contributed by atoms with Gasteiger partial charge in [0.25, 0.3) is 0 Å². The highest BCUT2D eigenvalue weighted by molar-refractivity contribution is 6.29. The van der Waals surface area contributed by atoms with Crippen LogP contribution in [0.3, 0.4) is 0 Å². The molecule has 0 unspecified atom stereocenters. The van der Waals surface area contributed by atoms with E-state index in [0.29, 0.717) is 16.3 Å². The molecule has 2 N–H and O–H groups in total. The molecule has 0 radical (unpaired) electrons. The molecule has 0 aromatic carbocycles. The van der Waals surface area contributed by atoms with Crippen LogP contribution in [0.25, 0.3) is 11.2 Å². The lowest BCUT2D eigenvalue weighted by Gasteiger charge is -2.39. The maximum absolute atomic E-state index is 10.8. The number of anilines is 1. The number of fused-ring (bicyclic) bond motifs is 1. The predicted molar refractivity (Wildman–Crippen MR) is 83.4 cm³/mol. The Bertz CT molecular complexity index is 715. The highest BCUT2D eigenvalue weighted by atomic mass is 35.5. The smallest absolute Gasteiger partial charge is 0.405 e. The summed E-state index contributed by atoms with van der Waals surface area (Å²) < 4.78 is 0. The minimum absolute atomic E-state index is 0.343. The van der Waals surface area contributed by atoms with Crippen molar-refractivity contribution in [2.45, 2.75) is 25.3 Å². The van der Waals surface area contributed by atoms with Crippen molar-refractivity contribution in [3.05, 3.63) is 23.5 Å². The van der Waals surface area contributed by atoms with E-state index in [2.05, 4.69) is 25.2 Å².